The van der Waals surface area contributed by atoms with E-state index in [1.165, 1.54) is 6.07 Å². The summed E-state index contributed by atoms with van der Waals surface area (Å²) in [4.78, 5) is 15.5. The molecule has 0 saturated carbocycles. The third-order valence-electron chi connectivity index (χ3n) is 5.99. The van der Waals surface area contributed by atoms with Gasteiger partial charge in [0.1, 0.15) is 11.0 Å². The fourth-order valence-corrected chi connectivity index (χ4v) is 4.18. The zero-order valence-electron chi connectivity index (χ0n) is 20.9. The number of aromatic carboxylic acids is 1. The lowest BCUT2D eigenvalue weighted by atomic mass is 9.94. The molecule has 0 aliphatic rings. The number of carboxylic acids is 1. The number of aromatic nitrogens is 1. The van der Waals surface area contributed by atoms with Crippen LogP contribution in [0.15, 0.2) is 54.6 Å². The number of carboxylic acid groups (broad SMARTS) is 1. The van der Waals surface area contributed by atoms with E-state index in [0.717, 1.165) is 16.7 Å². The topological polar surface area (TPSA) is 91.7 Å². The van der Waals surface area contributed by atoms with Crippen molar-refractivity contribution >= 4 is 17.6 Å². The van der Waals surface area contributed by atoms with Crippen molar-refractivity contribution in [3.8, 4) is 11.3 Å². The van der Waals surface area contributed by atoms with Gasteiger partial charge < -0.3 is 20.3 Å². The van der Waals surface area contributed by atoms with E-state index in [1.807, 2.05) is 51.1 Å². The molecule has 36 heavy (non-hydrogen) atoms. The van der Waals surface area contributed by atoms with Crippen molar-refractivity contribution in [1.29, 1.82) is 0 Å². The van der Waals surface area contributed by atoms with Crippen LogP contribution in [0.1, 0.15) is 53.9 Å². The molecule has 0 spiro atoms. The van der Waals surface area contributed by atoms with E-state index in [-0.39, 0.29) is 34.8 Å². The first kappa shape index (κ1) is 27.7. The van der Waals surface area contributed by atoms with Gasteiger partial charge in [0.05, 0.1) is 30.1 Å². The molecule has 2 atom stereocenters. The van der Waals surface area contributed by atoms with Gasteiger partial charge in [-0.05, 0) is 69.0 Å². The summed E-state index contributed by atoms with van der Waals surface area (Å²) in [5.41, 5.74) is 3.23. The minimum Gasteiger partial charge on any atom is -0.478 e. The van der Waals surface area contributed by atoms with E-state index >= 15 is 0 Å². The van der Waals surface area contributed by atoms with Crippen molar-refractivity contribution in [3.63, 3.8) is 0 Å². The Labute approximate surface area is 216 Å². The zero-order chi connectivity index (χ0) is 26.5. The number of halogens is 2. The summed E-state index contributed by atoms with van der Waals surface area (Å²) in [5.74, 6) is -1.36. The van der Waals surface area contributed by atoms with Crippen LogP contribution in [-0.2, 0) is 11.2 Å². The number of aliphatic hydroxyl groups is 1. The number of rotatable bonds is 11. The van der Waals surface area contributed by atoms with Gasteiger partial charge in [-0.3, -0.25) is 0 Å². The smallest absolute Gasteiger partial charge is 0.338 e. The molecule has 0 saturated heterocycles. The molecule has 0 aliphatic heterocycles. The lowest BCUT2D eigenvalue weighted by Crippen LogP contribution is -2.46. The molecular weight excluding hydrogens is 483 g/mol. The van der Waals surface area contributed by atoms with Crippen LogP contribution in [0.2, 0.25) is 5.15 Å². The van der Waals surface area contributed by atoms with Crippen molar-refractivity contribution in [2.24, 2.45) is 0 Å². The molecule has 0 fully saturated rings. The lowest BCUT2D eigenvalue weighted by molar-refractivity contribution is -0.00398. The standard InChI is InChI=1S/C28H32ClFN2O4/c1-17-9-10-19(13-24(17)30)14-28(3,4)31-15-20(33)16-36-18(2)21-7-5-6-8-22(21)25-12-11-23(27(34)35)26(29)32-25/h5-13,18,20,31,33H,14-16H2,1-4H3,(H,34,35)/t18?,20-/m0/s1. The second-order valence-corrected chi connectivity index (χ2v) is 9.94. The van der Waals surface area contributed by atoms with Crippen LogP contribution >= 0.6 is 11.6 Å². The Kier molecular flexibility index (Phi) is 9.19. The summed E-state index contributed by atoms with van der Waals surface area (Å²) in [6.07, 6.45) is -0.507. The number of benzene rings is 2. The third kappa shape index (κ3) is 7.34. The van der Waals surface area contributed by atoms with Crippen LogP contribution < -0.4 is 5.32 Å². The van der Waals surface area contributed by atoms with Gasteiger partial charge in [-0.25, -0.2) is 14.2 Å². The Morgan fingerprint density at radius 2 is 1.92 bits per heavy atom. The molecule has 1 unspecified atom stereocenters. The average molecular weight is 515 g/mol. The van der Waals surface area contributed by atoms with E-state index in [0.29, 0.717) is 24.2 Å². The Morgan fingerprint density at radius 3 is 2.58 bits per heavy atom. The second kappa shape index (κ2) is 11.9. The molecule has 8 heteroatoms. The van der Waals surface area contributed by atoms with Crippen LogP contribution in [0, 0.1) is 12.7 Å². The Balaban J connectivity index is 1.59. The van der Waals surface area contributed by atoms with Gasteiger partial charge in [-0.2, -0.15) is 0 Å². The van der Waals surface area contributed by atoms with Gasteiger partial charge in [0, 0.05) is 17.6 Å². The van der Waals surface area contributed by atoms with Gasteiger partial charge in [-0.1, -0.05) is 48.0 Å². The molecular formula is C28H32ClFN2O4. The number of pyridine rings is 1. The van der Waals surface area contributed by atoms with E-state index in [1.54, 1.807) is 25.1 Å². The minimum absolute atomic E-state index is 0.0618. The molecule has 6 nitrogen and oxygen atoms in total. The van der Waals surface area contributed by atoms with E-state index in [2.05, 4.69) is 10.3 Å². The molecule has 3 N–H and O–H groups in total. The maximum Gasteiger partial charge on any atom is 0.338 e. The van der Waals surface area contributed by atoms with Gasteiger partial charge in [0.15, 0.2) is 0 Å². The molecule has 192 valence electrons. The fourth-order valence-electron chi connectivity index (χ4n) is 3.95. The molecule has 3 aromatic rings. The van der Waals surface area contributed by atoms with Crippen molar-refractivity contribution in [2.75, 3.05) is 13.2 Å². The number of β-amino-alcohol motifs (C(OH)–C–C–N with tert-alkyl or cyclic N) is 1. The monoisotopic (exact) mass is 514 g/mol. The predicted molar refractivity (Wildman–Crippen MR) is 139 cm³/mol. The summed E-state index contributed by atoms with van der Waals surface area (Å²) >= 11 is 6.06. The van der Waals surface area contributed by atoms with Crippen molar-refractivity contribution < 1.29 is 24.1 Å². The molecule has 0 aliphatic carbocycles. The largest absolute Gasteiger partial charge is 0.478 e. The highest BCUT2D eigenvalue weighted by Gasteiger charge is 2.21. The van der Waals surface area contributed by atoms with Crippen LogP contribution in [-0.4, -0.2) is 46.0 Å². The highest BCUT2D eigenvalue weighted by molar-refractivity contribution is 6.32. The second-order valence-electron chi connectivity index (χ2n) is 9.58. The van der Waals surface area contributed by atoms with Crippen LogP contribution in [0.5, 0.6) is 0 Å². The number of carbonyl (C=O) groups is 1. The van der Waals surface area contributed by atoms with Crippen molar-refractivity contribution in [2.45, 2.75) is 51.9 Å². The third-order valence-corrected chi connectivity index (χ3v) is 6.28. The number of aryl methyl sites for hydroxylation is 1. The summed E-state index contributed by atoms with van der Waals surface area (Å²) in [5, 5.41) is 23.0. The van der Waals surface area contributed by atoms with Crippen LogP contribution in [0.4, 0.5) is 4.39 Å². The maximum atomic E-state index is 13.9. The lowest BCUT2D eigenvalue weighted by Gasteiger charge is -2.28. The predicted octanol–water partition coefficient (Wildman–Crippen LogP) is 5.60. The van der Waals surface area contributed by atoms with Crippen LogP contribution in [0.25, 0.3) is 11.3 Å². The molecule has 1 heterocycles. The Bertz CT molecular complexity index is 1220. The first-order valence-corrected chi connectivity index (χ1v) is 12.1. The van der Waals surface area contributed by atoms with E-state index in [4.69, 9.17) is 16.3 Å². The van der Waals surface area contributed by atoms with Gasteiger partial charge in [0.2, 0.25) is 0 Å². The SMILES string of the molecule is Cc1ccc(CC(C)(C)NC[C@H](O)COC(C)c2ccccc2-c2ccc(C(=O)O)c(Cl)n2)cc1F. The Hall–Kier alpha value is -2.84. The average Bonchev–Trinajstić information content (AvgIpc) is 2.83. The molecule has 2 aromatic carbocycles. The maximum absolute atomic E-state index is 13.9. The van der Waals surface area contributed by atoms with E-state index in [9.17, 15) is 19.4 Å². The Morgan fingerprint density at radius 1 is 1.19 bits per heavy atom. The number of nitrogens with one attached hydrogen (secondary N) is 1. The fraction of sp³-hybridized carbons (Fsp3) is 0.357. The van der Waals surface area contributed by atoms with Crippen molar-refractivity contribution in [3.05, 3.63) is 87.8 Å². The summed E-state index contributed by atoms with van der Waals surface area (Å²) in [7, 11) is 0. The summed E-state index contributed by atoms with van der Waals surface area (Å²) in [6, 6.07) is 15.8. The summed E-state index contributed by atoms with van der Waals surface area (Å²) < 4.78 is 19.8. The normalized spacial score (nSPS) is 13.4. The summed E-state index contributed by atoms with van der Waals surface area (Å²) in [6.45, 7) is 8.03. The number of nitrogens with zero attached hydrogens (tertiary/aromatic N) is 1. The first-order chi connectivity index (χ1) is 17.0. The number of ether oxygens (including phenoxy) is 1. The minimum atomic E-state index is -1.14. The molecule has 3 rings (SSSR count). The van der Waals surface area contributed by atoms with Crippen LogP contribution in [0.3, 0.4) is 0 Å². The number of hydrogen-bond donors (Lipinski definition) is 3. The molecule has 0 amide bonds. The first-order valence-electron chi connectivity index (χ1n) is 11.8. The van der Waals surface area contributed by atoms with Crippen molar-refractivity contribution in [1.82, 2.24) is 10.3 Å². The van der Waals surface area contributed by atoms with E-state index < -0.39 is 12.1 Å². The highest BCUT2D eigenvalue weighted by atomic mass is 35.5. The van der Waals surface area contributed by atoms with Gasteiger partial charge in [0.25, 0.3) is 0 Å². The molecule has 1 aromatic heterocycles. The number of aliphatic hydroxyl groups excluding tert-OH is 1. The van der Waals surface area contributed by atoms with Gasteiger partial charge >= 0.3 is 5.97 Å². The molecule has 0 bridgehead atoms. The molecule has 0 radical (unpaired) electrons. The highest BCUT2D eigenvalue weighted by Crippen LogP contribution is 2.30. The van der Waals surface area contributed by atoms with Gasteiger partial charge in [-0.15, -0.1) is 0 Å². The zero-order valence-corrected chi connectivity index (χ0v) is 21.6. The quantitative estimate of drug-likeness (QED) is 0.289. The number of hydrogen-bond acceptors (Lipinski definition) is 5.